The van der Waals surface area contributed by atoms with Gasteiger partial charge in [0, 0.05) is 0 Å². The number of nitrogens with one attached hydrogen (secondary N) is 1. The molecule has 0 saturated heterocycles. The Labute approximate surface area is 74.3 Å². The molecule has 0 aliphatic heterocycles. The van der Waals surface area contributed by atoms with E-state index < -0.39 is 10.5 Å². The Balaban J connectivity index is 2.27. The molecule has 13 heavy (non-hydrogen) atoms. The van der Waals surface area contributed by atoms with Crippen molar-refractivity contribution in [2.45, 2.75) is 24.8 Å². The van der Waals surface area contributed by atoms with E-state index >= 15 is 0 Å². The first-order chi connectivity index (χ1) is 6.12. The van der Waals surface area contributed by atoms with Crippen LogP contribution in [0.15, 0.2) is 6.07 Å². The van der Waals surface area contributed by atoms with Crippen LogP contribution in [0.1, 0.15) is 25.0 Å². The van der Waals surface area contributed by atoms with Gasteiger partial charge in [-0.1, -0.05) is 5.10 Å². The number of nitro groups is 1. The molecule has 2 rings (SSSR count). The Morgan fingerprint density at radius 3 is 2.77 bits per heavy atom. The van der Waals surface area contributed by atoms with Gasteiger partial charge in [0.25, 0.3) is 0 Å². The molecule has 0 aromatic carbocycles. The van der Waals surface area contributed by atoms with Gasteiger partial charge in [0.1, 0.15) is 5.69 Å². The van der Waals surface area contributed by atoms with Crippen LogP contribution in [0, 0.1) is 10.1 Å². The van der Waals surface area contributed by atoms with Gasteiger partial charge in [0.05, 0.1) is 11.6 Å². The van der Waals surface area contributed by atoms with Crippen molar-refractivity contribution in [3.8, 4) is 0 Å². The summed E-state index contributed by atoms with van der Waals surface area (Å²) in [5.74, 6) is -0.0910. The third kappa shape index (κ3) is 1.19. The minimum Gasteiger partial charge on any atom is -0.358 e. The topological polar surface area (TPSA) is 97.8 Å². The molecule has 3 N–H and O–H groups in total. The predicted octanol–water partition coefficient (Wildman–Crippen LogP) is 0.656. The van der Waals surface area contributed by atoms with Crippen LogP contribution in [0.5, 0.6) is 0 Å². The van der Waals surface area contributed by atoms with Crippen molar-refractivity contribution in [3.05, 3.63) is 21.9 Å². The maximum Gasteiger partial charge on any atom is 0.342 e. The normalized spacial score (nSPS) is 19.5. The van der Waals surface area contributed by atoms with Gasteiger partial charge in [-0.3, -0.25) is 0 Å². The van der Waals surface area contributed by atoms with Gasteiger partial charge in [0.2, 0.25) is 0 Å². The summed E-state index contributed by atoms with van der Waals surface area (Å²) in [6.07, 6.45) is 2.78. The van der Waals surface area contributed by atoms with Crippen LogP contribution in [-0.2, 0) is 5.54 Å². The zero-order valence-corrected chi connectivity index (χ0v) is 6.99. The molecule has 1 aliphatic rings. The molecule has 1 saturated carbocycles. The Kier molecular flexibility index (Phi) is 1.59. The summed E-state index contributed by atoms with van der Waals surface area (Å²) in [4.78, 5) is 9.84. The molecule has 1 aromatic rings. The van der Waals surface area contributed by atoms with Crippen LogP contribution in [0.3, 0.4) is 0 Å². The zero-order chi connectivity index (χ0) is 9.47. The predicted molar refractivity (Wildman–Crippen MR) is 45.0 cm³/mol. The molecular weight excluding hydrogens is 172 g/mol. The van der Waals surface area contributed by atoms with Crippen LogP contribution >= 0.6 is 0 Å². The summed E-state index contributed by atoms with van der Waals surface area (Å²) in [6, 6.07) is 1.42. The second-order valence-corrected chi connectivity index (χ2v) is 3.41. The number of hydrogen-bond acceptors (Lipinski definition) is 4. The van der Waals surface area contributed by atoms with Crippen molar-refractivity contribution in [1.82, 2.24) is 10.2 Å². The van der Waals surface area contributed by atoms with Gasteiger partial charge in [-0.15, -0.1) is 5.10 Å². The van der Waals surface area contributed by atoms with Gasteiger partial charge in [-0.2, -0.15) is 0 Å². The smallest absolute Gasteiger partial charge is 0.342 e. The quantitative estimate of drug-likeness (QED) is 0.518. The van der Waals surface area contributed by atoms with E-state index in [1.807, 2.05) is 0 Å². The third-order valence-electron chi connectivity index (χ3n) is 2.52. The summed E-state index contributed by atoms with van der Waals surface area (Å²) in [6.45, 7) is 0. The summed E-state index contributed by atoms with van der Waals surface area (Å²) in [5, 5.41) is 16.5. The van der Waals surface area contributed by atoms with Gasteiger partial charge >= 0.3 is 5.82 Å². The standard InChI is InChI=1S/C7H10N4O2/c8-7(2-1-3-7)5-4-6(10-9-5)11(12)13/h4H,1-3,8H2,(H,9,10). The van der Waals surface area contributed by atoms with E-state index in [-0.39, 0.29) is 5.82 Å². The molecule has 0 spiro atoms. The molecule has 6 nitrogen and oxygen atoms in total. The van der Waals surface area contributed by atoms with Crippen molar-refractivity contribution >= 4 is 5.82 Å². The minimum absolute atomic E-state index is 0.0910. The first-order valence-electron chi connectivity index (χ1n) is 4.11. The van der Waals surface area contributed by atoms with Crippen LogP contribution in [-0.4, -0.2) is 15.1 Å². The highest BCUT2D eigenvalue weighted by Crippen LogP contribution is 2.38. The van der Waals surface area contributed by atoms with Crippen molar-refractivity contribution in [2.24, 2.45) is 5.73 Å². The zero-order valence-electron chi connectivity index (χ0n) is 6.99. The lowest BCUT2D eigenvalue weighted by atomic mass is 9.75. The maximum absolute atomic E-state index is 10.3. The largest absolute Gasteiger partial charge is 0.358 e. The Bertz CT molecular complexity index is 342. The summed E-state index contributed by atoms with van der Waals surface area (Å²) >= 11 is 0. The van der Waals surface area contributed by atoms with Crippen molar-refractivity contribution < 1.29 is 4.92 Å². The van der Waals surface area contributed by atoms with E-state index in [1.165, 1.54) is 6.07 Å². The summed E-state index contributed by atoms with van der Waals surface area (Å²) in [5.41, 5.74) is 6.11. The molecule has 0 bridgehead atoms. The minimum atomic E-state index is -0.501. The lowest BCUT2D eigenvalue weighted by Crippen LogP contribution is -2.43. The molecule has 1 aromatic heterocycles. The molecule has 0 amide bonds. The number of aromatic nitrogens is 2. The van der Waals surface area contributed by atoms with Crippen LogP contribution in [0.25, 0.3) is 0 Å². The fourth-order valence-corrected chi connectivity index (χ4v) is 1.47. The average molecular weight is 182 g/mol. The van der Waals surface area contributed by atoms with E-state index in [2.05, 4.69) is 10.2 Å². The van der Waals surface area contributed by atoms with Gasteiger partial charge < -0.3 is 15.8 Å². The SMILES string of the molecule is NC1(c2cc([N+](=O)[O-])[nH]n2)CCC1. The van der Waals surface area contributed by atoms with Gasteiger partial charge in [-0.05, 0) is 24.2 Å². The number of H-pyrrole nitrogens is 1. The number of nitrogens with zero attached hydrogens (tertiary/aromatic N) is 2. The number of aromatic amines is 1. The molecule has 6 heteroatoms. The third-order valence-corrected chi connectivity index (χ3v) is 2.52. The van der Waals surface area contributed by atoms with E-state index in [9.17, 15) is 10.1 Å². The van der Waals surface area contributed by atoms with Crippen molar-refractivity contribution in [1.29, 1.82) is 0 Å². The fourth-order valence-electron chi connectivity index (χ4n) is 1.47. The Morgan fingerprint density at radius 1 is 1.69 bits per heavy atom. The van der Waals surface area contributed by atoms with Crippen LogP contribution in [0.4, 0.5) is 5.82 Å². The molecule has 1 aliphatic carbocycles. The van der Waals surface area contributed by atoms with E-state index in [4.69, 9.17) is 5.73 Å². The molecule has 0 atom stereocenters. The first-order valence-corrected chi connectivity index (χ1v) is 4.11. The second kappa shape index (κ2) is 2.53. The monoisotopic (exact) mass is 182 g/mol. The lowest BCUT2D eigenvalue weighted by Gasteiger charge is -2.35. The van der Waals surface area contributed by atoms with E-state index in [0.717, 1.165) is 19.3 Å². The molecule has 0 radical (unpaired) electrons. The Hall–Kier alpha value is -1.43. The van der Waals surface area contributed by atoms with Crippen LogP contribution in [0.2, 0.25) is 0 Å². The van der Waals surface area contributed by atoms with E-state index in [1.54, 1.807) is 0 Å². The highest BCUT2D eigenvalue weighted by Gasteiger charge is 2.38. The van der Waals surface area contributed by atoms with E-state index in [0.29, 0.717) is 5.69 Å². The molecule has 1 fully saturated rings. The summed E-state index contributed by atoms with van der Waals surface area (Å²) in [7, 11) is 0. The van der Waals surface area contributed by atoms with Crippen LogP contribution < -0.4 is 5.73 Å². The van der Waals surface area contributed by atoms with Crippen molar-refractivity contribution in [3.63, 3.8) is 0 Å². The molecular formula is C7H10N4O2. The van der Waals surface area contributed by atoms with Gasteiger partial charge in [0.15, 0.2) is 0 Å². The Morgan fingerprint density at radius 2 is 2.38 bits per heavy atom. The first kappa shape index (κ1) is 8.18. The van der Waals surface area contributed by atoms with Gasteiger partial charge in [-0.25, -0.2) is 0 Å². The lowest BCUT2D eigenvalue weighted by molar-refractivity contribution is -0.389. The molecule has 70 valence electrons. The second-order valence-electron chi connectivity index (χ2n) is 3.41. The number of nitrogens with two attached hydrogens (primary N) is 1. The van der Waals surface area contributed by atoms with Crippen molar-refractivity contribution in [2.75, 3.05) is 0 Å². The maximum atomic E-state index is 10.3. The average Bonchev–Trinajstić information content (AvgIpc) is 2.48. The summed E-state index contributed by atoms with van der Waals surface area (Å²) < 4.78 is 0. The highest BCUT2D eigenvalue weighted by atomic mass is 16.6. The molecule has 1 heterocycles. The highest BCUT2D eigenvalue weighted by molar-refractivity contribution is 5.27. The number of rotatable bonds is 2. The molecule has 0 unspecified atom stereocenters. The number of hydrogen-bond donors (Lipinski definition) is 2. The fraction of sp³-hybridized carbons (Fsp3) is 0.571.